The average molecular weight is 323 g/mol. The molecular formula is C14H19ClN6O. The van der Waals surface area contributed by atoms with Crippen LogP contribution in [0.15, 0.2) is 6.07 Å². The molecule has 22 heavy (non-hydrogen) atoms. The van der Waals surface area contributed by atoms with E-state index in [1.54, 1.807) is 0 Å². The lowest BCUT2D eigenvalue weighted by Gasteiger charge is -2.16. The highest BCUT2D eigenvalue weighted by atomic mass is 35.5. The number of nitrogens with two attached hydrogens (primary N) is 1. The van der Waals surface area contributed by atoms with E-state index < -0.39 is 5.91 Å². The Morgan fingerprint density at radius 2 is 2.14 bits per heavy atom. The van der Waals surface area contributed by atoms with Crippen LogP contribution in [0.1, 0.15) is 34.2 Å². The van der Waals surface area contributed by atoms with Crippen LogP contribution in [-0.2, 0) is 13.5 Å². The number of halogens is 1. The van der Waals surface area contributed by atoms with Gasteiger partial charge in [0.2, 0.25) is 0 Å². The van der Waals surface area contributed by atoms with E-state index in [2.05, 4.69) is 20.6 Å². The molecule has 0 aliphatic heterocycles. The molecule has 2 heterocycles. The minimum absolute atomic E-state index is 0.0233. The summed E-state index contributed by atoms with van der Waals surface area (Å²) in [7, 11) is 1.92. The molecule has 118 valence electrons. The number of primary amides is 1. The predicted molar refractivity (Wildman–Crippen MR) is 85.0 cm³/mol. The Labute approximate surface area is 133 Å². The fraction of sp³-hybridized carbons (Fsp3) is 0.429. The molecule has 0 aliphatic carbocycles. The number of aryl methyl sites for hydroxylation is 2. The van der Waals surface area contributed by atoms with Gasteiger partial charge in [0.1, 0.15) is 0 Å². The van der Waals surface area contributed by atoms with Crippen molar-refractivity contribution in [1.82, 2.24) is 20.0 Å². The van der Waals surface area contributed by atoms with Crippen molar-refractivity contribution in [2.24, 2.45) is 12.8 Å². The van der Waals surface area contributed by atoms with E-state index in [1.165, 1.54) is 11.6 Å². The monoisotopic (exact) mass is 322 g/mol. The quantitative estimate of drug-likeness (QED) is 0.871. The molecule has 2 aromatic heterocycles. The number of carbonyl (C=O) groups excluding carboxylic acids is 1. The predicted octanol–water partition coefficient (Wildman–Crippen LogP) is 1.62. The molecule has 0 radical (unpaired) electrons. The molecule has 0 spiro atoms. The maximum absolute atomic E-state index is 11.5. The van der Waals surface area contributed by atoms with E-state index in [1.807, 2.05) is 32.5 Å². The molecule has 0 bridgehead atoms. The summed E-state index contributed by atoms with van der Waals surface area (Å²) >= 11 is 5.75. The molecule has 0 saturated heterocycles. The van der Waals surface area contributed by atoms with Gasteiger partial charge in [-0.1, -0.05) is 11.6 Å². The lowest BCUT2D eigenvalue weighted by atomic mass is 10.1. The van der Waals surface area contributed by atoms with Crippen LogP contribution in [0.4, 0.5) is 5.82 Å². The van der Waals surface area contributed by atoms with Gasteiger partial charge >= 0.3 is 0 Å². The number of aromatic nitrogens is 4. The topological polar surface area (TPSA) is 98.7 Å². The SMILES string of the molecule is Cc1nn(C)c(C)c1CC(C)Nc1nnc(Cl)cc1C(N)=O. The average Bonchev–Trinajstić information content (AvgIpc) is 2.67. The number of nitrogens with one attached hydrogen (secondary N) is 1. The van der Waals surface area contributed by atoms with Gasteiger partial charge < -0.3 is 11.1 Å². The number of nitrogens with zero attached hydrogens (tertiary/aromatic N) is 4. The number of amides is 1. The van der Waals surface area contributed by atoms with E-state index in [4.69, 9.17) is 17.3 Å². The molecule has 2 aromatic rings. The molecule has 0 fully saturated rings. The van der Waals surface area contributed by atoms with Gasteiger partial charge in [0.05, 0.1) is 11.3 Å². The zero-order chi connectivity index (χ0) is 16.4. The molecule has 0 saturated carbocycles. The third-order valence-electron chi connectivity index (χ3n) is 3.58. The van der Waals surface area contributed by atoms with Crippen LogP contribution < -0.4 is 11.1 Å². The molecule has 0 aromatic carbocycles. The summed E-state index contributed by atoms with van der Waals surface area (Å²) in [6.07, 6.45) is 0.744. The summed E-state index contributed by atoms with van der Waals surface area (Å²) in [6.45, 7) is 6.00. The molecule has 1 atom stereocenters. The molecule has 1 unspecified atom stereocenters. The summed E-state index contributed by atoms with van der Waals surface area (Å²) in [6, 6.07) is 1.43. The number of anilines is 1. The zero-order valence-corrected chi connectivity index (χ0v) is 13.8. The summed E-state index contributed by atoms with van der Waals surface area (Å²) in [4.78, 5) is 11.5. The number of hydrogen-bond donors (Lipinski definition) is 2. The van der Waals surface area contributed by atoms with Crippen molar-refractivity contribution in [3.8, 4) is 0 Å². The minimum Gasteiger partial charge on any atom is -0.365 e. The van der Waals surface area contributed by atoms with E-state index >= 15 is 0 Å². The highest BCUT2D eigenvalue weighted by Crippen LogP contribution is 2.19. The van der Waals surface area contributed by atoms with E-state index in [0.29, 0.717) is 5.82 Å². The van der Waals surface area contributed by atoms with Crippen LogP contribution in [0, 0.1) is 13.8 Å². The van der Waals surface area contributed by atoms with E-state index in [0.717, 1.165) is 17.8 Å². The molecule has 0 aliphatic rings. The first-order valence-electron chi connectivity index (χ1n) is 6.88. The molecular weight excluding hydrogens is 304 g/mol. The Morgan fingerprint density at radius 1 is 1.45 bits per heavy atom. The van der Waals surface area contributed by atoms with Crippen molar-refractivity contribution >= 4 is 23.3 Å². The van der Waals surface area contributed by atoms with Crippen molar-refractivity contribution in [2.75, 3.05) is 5.32 Å². The molecule has 3 N–H and O–H groups in total. The Bertz CT molecular complexity index is 712. The summed E-state index contributed by atoms with van der Waals surface area (Å²) in [5.41, 5.74) is 8.85. The Morgan fingerprint density at radius 3 is 2.68 bits per heavy atom. The fourth-order valence-electron chi connectivity index (χ4n) is 2.37. The molecule has 8 heteroatoms. The first-order valence-corrected chi connectivity index (χ1v) is 7.26. The first-order chi connectivity index (χ1) is 10.3. The highest BCUT2D eigenvalue weighted by molar-refractivity contribution is 6.29. The fourth-order valence-corrected chi connectivity index (χ4v) is 2.51. The number of rotatable bonds is 5. The van der Waals surface area contributed by atoms with Gasteiger partial charge in [-0.05, 0) is 38.8 Å². The molecule has 1 amide bonds. The van der Waals surface area contributed by atoms with E-state index in [-0.39, 0.29) is 16.8 Å². The van der Waals surface area contributed by atoms with Crippen LogP contribution in [0.3, 0.4) is 0 Å². The second-order valence-corrected chi connectivity index (χ2v) is 5.70. The normalized spacial score (nSPS) is 12.2. The Balaban J connectivity index is 2.19. The summed E-state index contributed by atoms with van der Waals surface area (Å²) < 4.78 is 1.86. The van der Waals surface area contributed by atoms with Crippen molar-refractivity contribution in [1.29, 1.82) is 0 Å². The van der Waals surface area contributed by atoms with Gasteiger partial charge in [-0.15, -0.1) is 10.2 Å². The van der Waals surface area contributed by atoms with Gasteiger partial charge in [-0.2, -0.15) is 5.10 Å². The van der Waals surface area contributed by atoms with E-state index in [9.17, 15) is 4.79 Å². The van der Waals surface area contributed by atoms with Gasteiger partial charge in [-0.25, -0.2) is 0 Å². The van der Waals surface area contributed by atoms with Crippen LogP contribution in [0.2, 0.25) is 5.15 Å². The Hall–Kier alpha value is -2.15. The van der Waals surface area contributed by atoms with Gasteiger partial charge in [-0.3, -0.25) is 9.48 Å². The van der Waals surface area contributed by atoms with Crippen LogP contribution >= 0.6 is 11.6 Å². The largest absolute Gasteiger partial charge is 0.365 e. The molecule has 2 rings (SSSR count). The lowest BCUT2D eigenvalue weighted by Crippen LogP contribution is -2.23. The van der Waals surface area contributed by atoms with Gasteiger partial charge in [0, 0.05) is 18.8 Å². The lowest BCUT2D eigenvalue weighted by molar-refractivity contribution is 0.100. The van der Waals surface area contributed by atoms with Crippen molar-refractivity contribution in [3.05, 3.63) is 33.7 Å². The second-order valence-electron chi connectivity index (χ2n) is 5.32. The summed E-state index contributed by atoms with van der Waals surface area (Å²) in [5, 5.41) is 15.4. The van der Waals surface area contributed by atoms with Crippen molar-refractivity contribution in [2.45, 2.75) is 33.2 Å². The number of hydrogen-bond acceptors (Lipinski definition) is 5. The molecule has 7 nitrogen and oxygen atoms in total. The third kappa shape index (κ3) is 3.36. The van der Waals surface area contributed by atoms with Crippen molar-refractivity contribution in [3.63, 3.8) is 0 Å². The minimum atomic E-state index is -0.597. The second kappa shape index (κ2) is 6.31. The summed E-state index contributed by atoms with van der Waals surface area (Å²) in [5.74, 6) is -0.260. The smallest absolute Gasteiger partial charge is 0.252 e. The van der Waals surface area contributed by atoms with Gasteiger partial charge in [0.15, 0.2) is 11.0 Å². The Kier molecular flexibility index (Phi) is 4.65. The maximum Gasteiger partial charge on any atom is 0.252 e. The number of carbonyl (C=O) groups is 1. The first kappa shape index (κ1) is 16.2. The van der Waals surface area contributed by atoms with Crippen LogP contribution in [-0.4, -0.2) is 31.9 Å². The standard InChI is InChI=1S/C14H19ClN6O/c1-7(5-10-8(2)20-21(4)9(10)3)17-14-11(13(16)22)6-12(15)18-19-14/h6-7H,5H2,1-4H3,(H2,16,22)(H,17,19). The van der Waals surface area contributed by atoms with Crippen molar-refractivity contribution < 1.29 is 4.79 Å². The maximum atomic E-state index is 11.5. The third-order valence-corrected chi connectivity index (χ3v) is 3.77. The zero-order valence-electron chi connectivity index (χ0n) is 13.0. The van der Waals surface area contributed by atoms with Crippen LogP contribution in [0.25, 0.3) is 0 Å². The van der Waals surface area contributed by atoms with Gasteiger partial charge in [0.25, 0.3) is 5.91 Å². The highest BCUT2D eigenvalue weighted by Gasteiger charge is 2.17. The van der Waals surface area contributed by atoms with Crippen LogP contribution in [0.5, 0.6) is 0 Å².